The van der Waals surface area contributed by atoms with Crippen molar-refractivity contribution in [3.05, 3.63) is 14.1 Å². The summed E-state index contributed by atoms with van der Waals surface area (Å²) in [6, 6.07) is 2.34. The number of carbonyl (C=O) groups excluding carboxylic acids is 1. The number of ether oxygens (including phenoxy) is 2. The minimum absolute atomic E-state index is 0.0642. The lowest BCUT2D eigenvalue weighted by atomic mass is 9.72. The van der Waals surface area contributed by atoms with Gasteiger partial charge in [0.25, 0.3) is 0 Å². The number of aromatic nitrogens is 2. The third kappa shape index (κ3) is 5.73. The van der Waals surface area contributed by atoms with Gasteiger partial charge in [0.15, 0.2) is 5.75 Å². The fourth-order valence-corrected chi connectivity index (χ4v) is 6.30. The number of hydrogen-bond acceptors (Lipinski definition) is 8. The quantitative estimate of drug-likeness (QED) is 0.451. The van der Waals surface area contributed by atoms with E-state index in [0.717, 1.165) is 79.7 Å². The molecule has 1 aromatic heterocycles. The minimum atomic E-state index is -0.483. The molecule has 0 bridgehead atoms. The summed E-state index contributed by atoms with van der Waals surface area (Å²) in [6.07, 6.45) is 3.61. The van der Waals surface area contributed by atoms with E-state index >= 15 is 0 Å². The lowest BCUT2D eigenvalue weighted by Gasteiger charge is -2.53. The summed E-state index contributed by atoms with van der Waals surface area (Å²) < 4.78 is 13.3. The molecule has 9 nitrogen and oxygen atoms in total. The Labute approximate surface area is 240 Å². The second-order valence-electron chi connectivity index (χ2n) is 11.7. The van der Waals surface area contributed by atoms with E-state index in [1.165, 1.54) is 0 Å². The van der Waals surface area contributed by atoms with E-state index in [9.17, 15) is 9.90 Å². The lowest BCUT2D eigenvalue weighted by Crippen LogP contribution is -2.62. The number of anilines is 1. The highest BCUT2D eigenvalue weighted by molar-refractivity contribution is 14.1. The molecular formula is C26H35BrIN5O4. The average Bonchev–Trinajstić information content (AvgIpc) is 2.82. The minimum Gasteiger partial charge on any atom is -0.505 e. The molecule has 1 amide bonds. The Morgan fingerprint density at radius 3 is 2.43 bits per heavy atom. The molecule has 11 heteroatoms. The number of rotatable bonds is 3. The highest BCUT2D eigenvalue weighted by atomic mass is 127. The zero-order valence-corrected chi connectivity index (χ0v) is 25.6. The van der Waals surface area contributed by atoms with E-state index in [1.807, 2.05) is 31.7 Å². The van der Waals surface area contributed by atoms with Crippen molar-refractivity contribution in [2.24, 2.45) is 5.41 Å². The number of phenolic OH excluding ortho intramolecular Hbond substituents is 1. The Bertz CT molecular complexity index is 1180. The molecule has 3 aliphatic rings. The van der Waals surface area contributed by atoms with Crippen molar-refractivity contribution >= 4 is 61.3 Å². The van der Waals surface area contributed by atoms with Crippen LogP contribution in [-0.2, 0) is 4.74 Å². The molecule has 4 heterocycles. The molecule has 1 N–H and O–H groups in total. The molecule has 0 saturated carbocycles. The van der Waals surface area contributed by atoms with Crippen LogP contribution in [0.25, 0.3) is 10.9 Å². The third-order valence-corrected chi connectivity index (χ3v) is 9.98. The molecule has 3 saturated heterocycles. The lowest BCUT2D eigenvalue weighted by molar-refractivity contribution is -0.0434. The molecule has 0 unspecified atom stereocenters. The summed E-state index contributed by atoms with van der Waals surface area (Å²) in [6.45, 7) is 10.7. The maximum absolute atomic E-state index is 12.4. The number of hydrogen-bond donors (Lipinski definition) is 1. The Hall–Kier alpha value is -1.60. The number of fused-ring (bicyclic) bond motifs is 1. The maximum atomic E-state index is 12.4. The molecular weight excluding hydrogens is 653 g/mol. The topological polar surface area (TPSA) is 91.3 Å². The van der Waals surface area contributed by atoms with Crippen LogP contribution >= 0.6 is 38.5 Å². The summed E-state index contributed by atoms with van der Waals surface area (Å²) >= 11 is 5.71. The number of benzene rings is 1. The first-order valence-electron chi connectivity index (χ1n) is 12.9. The summed E-state index contributed by atoms with van der Waals surface area (Å²) in [5.41, 5.74) is 0.145. The average molecular weight is 688 g/mol. The number of amides is 1. The van der Waals surface area contributed by atoms with Gasteiger partial charge in [0, 0.05) is 53.6 Å². The SMILES string of the molecule is CN1CCC(Oc2nc(N3CCC4(CC3)CN(C(=O)OC(C)(C)C)C4)c3cc(I)c(Br)c(O)c3n2)CC1. The zero-order valence-electron chi connectivity index (χ0n) is 21.9. The number of piperidine rings is 2. The van der Waals surface area contributed by atoms with Crippen molar-refractivity contribution in [3.63, 3.8) is 0 Å². The molecule has 202 valence electrons. The predicted molar refractivity (Wildman–Crippen MR) is 154 cm³/mol. The van der Waals surface area contributed by atoms with Gasteiger partial charge in [0.05, 0.1) is 4.47 Å². The first-order valence-corrected chi connectivity index (χ1v) is 14.8. The number of phenols is 1. The fourth-order valence-electron chi connectivity index (χ4n) is 5.43. The Balaban J connectivity index is 1.35. The number of aromatic hydroxyl groups is 1. The summed E-state index contributed by atoms with van der Waals surface area (Å²) in [5, 5.41) is 11.8. The van der Waals surface area contributed by atoms with Gasteiger partial charge in [-0.1, -0.05) is 0 Å². The molecule has 3 fully saturated rings. The normalized spacial score (nSPS) is 20.8. The van der Waals surface area contributed by atoms with Crippen molar-refractivity contribution in [2.45, 2.75) is 58.2 Å². The highest BCUT2D eigenvalue weighted by Gasteiger charge is 2.48. The maximum Gasteiger partial charge on any atom is 0.410 e. The third-order valence-electron chi connectivity index (χ3n) is 7.58. The molecule has 1 spiro atoms. The van der Waals surface area contributed by atoms with Gasteiger partial charge in [-0.15, -0.1) is 0 Å². The zero-order chi connectivity index (χ0) is 26.5. The summed E-state index contributed by atoms with van der Waals surface area (Å²) in [7, 11) is 2.12. The molecule has 0 radical (unpaired) electrons. The van der Waals surface area contributed by atoms with Crippen LogP contribution in [0.4, 0.5) is 10.6 Å². The predicted octanol–water partition coefficient (Wildman–Crippen LogP) is 5.01. The van der Waals surface area contributed by atoms with Gasteiger partial charge in [0.2, 0.25) is 0 Å². The van der Waals surface area contributed by atoms with Crippen LogP contribution in [0.2, 0.25) is 0 Å². The number of likely N-dealkylation sites (tertiary alicyclic amines) is 2. The number of nitrogens with zero attached hydrogens (tertiary/aromatic N) is 5. The van der Waals surface area contributed by atoms with Crippen molar-refractivity contribution in [3.8, 4) is 11.8 Å². The van der Waals surface area contributed by atoms with E-state index in [4.69, 9.17) is 14.5 Å². The van der Waals surface area contributed by atoms with E-state index in [-0.39, 0.29) is 23.4 Å². The van der Waals surface area contributed by atoms with Crippen molar-refractivity contribution in [1.29, 1.82) is 0 Å². The molecule has 2 aromatic rings. The molecule has 5 rings (SSSR count). The van der Waals surface area contributed by atoms with E-state index in [0.29, 0.717) is 16.0 Å². The van der Waals surface area contributed by atoms with Gasteiger partial charge in [-0.25, -0.2) is 4.79 Å². The fraction of sp³-hybridized carbons (Fsp3) is 0.654. The largest absolute Gasteiger partial charge is 0.505 e. The second kappa shape index (κ2) is 10.2. The van der Waals surface area contributed by atoms with Gasteiger partial charge < -0.3 is 29.3 Å². The smallest absolute Gasteiger partial charge is 0.410 e. The first kappa shape index (κ1) is 27.0. The molecule has 0 atom stereocenters. The Morgan fingerprint density at radius 1 is 1.16 bits per heavy atom. The van der Waals surface area contributed by atoms with Crippen LogP contribution in [0.15, 0.2) is 10.5 Å². The van der Waals surface area contributed by atoms with Crippen LogP contribution in [-0.4, -0.2) is 89.0 Å². The Kier molecular flexibility index (Phi) is 7.42. The second-order valence-corrected chi connectivity index (χ2v) is 13.6. The summed E-state index contributed by atoms with van der Waals surface area (Å²) in [5.74, 6) is 0.908. The number of carbonyl (C=O) groups is 1. The molecule has 1 aromatic carbocycles. The van der Waals surface area contributed by atoms with Crippen molar-refractivity contribution in [1.82, 2.24) is 19.8 Å². The van der Waals surface area contributed by atoms with Gasteiger partial charge >= 0.3 is 12.1 Å². The number of halogens is 2. The standard InChI is InChI=1S/C26H35BrIN5O4/c1-25(2,3)37-24(35)33-14-26(15-33)7-11-32(12-8-26)22-17-13-18(28)19(27)21(34)20(17)29-23(30-22)36-16-5-9-31(4)10-6-16/h13,16,34H,5-12,14-15H2,1-4H3. The Morgan fingerprint density at radius 2 is 1.81 bits per heavy atom. The van der Waals surface area contributed by atoms with Crippen LogP contribution in [0.1, 0.15) is 46.5 Å². The van der Waals surface area contributed by atoms with E-state index < -0.39 is 5.60 Å². The first-order chi connectivity index (χ1) is 17.4. The van der Waals surface area contributed by atoms with Crippen LogP contribution in [0, 0.1) is 8.99 Å². The van der Waals surface area contributed by atoms with Crippen LogP contribution in [0.3, 0.4) is 0 Å². The summed E-state index contributed by atoms with van der Waals surface area (Å²) in [4.78, 5) is 28.4. The molecule has 37 heavy (non-hydrogen) atoms. The van der Waals surface area contributed by atoms with Crippen molar-refractivity contribution < 1.29 is 19.4 Å². The van der Waals surface area contributed by atoms with E-state index in [2.05, 4.69) is 60.4 Å². The highest BCUT2D eigenvalue weighted by Crippen LogP contribution is 2.44. The van der Waals surface area contributed by atoms with Crippen LogP contribution in [0.5, 0.6) is 11.8 Å². The van der Waals surface area contributed by atoms with Gasteiger partial charge in [-0.05, 0) is 98.1 Å². The van der Waals surface area contributed by atoms with Gasteiger partial charge in [-0.2, -0.15) is 9.97 Å². The van der Waals surface area contributed by atoms with E-state index in [1.54, 1.807) is 0 Å². The monoisotopic (exact) mass is 687 g/mol. The van der Waals surface area contributed by atoms with Crippen molar-refractivity contribution in [2.75, 3.05) is 51.2 Å². The molecule has 0 aliphatic carbocycles. The van der Waals surface area contributed by atoms with Gasteiger partial charge in [-0.3, -0.25) is 0 Å². The van der Waals surface area contributed by atoms with Gasteiger partial charge in [0.1, 0.15) is 23.0 Å². The molecule has 3 aliphatic heterocycles. The van der Waals surface area contributed by atoms with Crippen LogP contribution < -0.4 is 9.64 Å².